The van der Waals surface area contributed by atoms with Crippen molar-refractivity contribution in [3.8, 4) is 5.75 Å². The van der Waals surface area contributed by atoms with Gasteiger partial charge in [0.2, 0.25) is 11.8 Å². The zero-order chi connectivity index (χ0) is 21.4. The summed E-state index contributed by atoms with van der Waals surface area (Å²) in [6.07, 6.45) is 1.08. The standard InChI is InChI=1S/C24H32N2O3/c1-6-18(3)25-24(28)19(4)26(16-21-9-7-17(2)8-10-21)23(27)15-20-11-13-22(29-5)14-12-20/h7-14,18-19H,6,15-16H2,1-5H3,(H,25,28)/t18-,19+/m1/s1. The van der Waals surface area contributed by atoms with Crippen LogP contribution in [-0.2, 0) is 22.6 Å². The summed E-state index contributed by atoms with van der Waals surface area (Å²) in [5.41, 5.74) is 3.05. The first-order chi connectivity index (χ1) is 13.8. The van der Waals surface area contributed by atoms with Crippen LogP contribution in [0.4, 0.5) is 0 Å². The van der Waals surface area contributed by atoms with Crippen LogP contribution in [0.1, 0.15) is 43.9 Å². The van der Waals surface area contributed by atoms with Crippen LogP contribution in [0.2, 0.25) is 0 Å². The van der Waals surface area contributed by atoms with E-state index in [1.54, 1.807) is 18.9 Å². The van der Waals surface area contributed by atoms with Crippen LogP contribution in [0.5, 0.6) is 5.75 Å². The van der Waals surface area contributed by atoms with E-state index in [1.807, 2.05) is 69.3 Å². The monoisotopic (exact) mass is 396 g/mol. The van der Waals surface area contributed by atoms with Crippen LogP contribution in [0.15, 0.2) is 48.5 Å². The van der Waals surface area contributed by atoms with E-state index in [4.69, 9.17) is 4.74 Å². The Bertz CT molecular complexity index is 800. The number of amides is 2. The normalized spacial score (nSPS) is 12.7. The van der Waals surface area contributed by atoms with E-state index in [1.165, 1.54) is 0 Å². The van der Waals surface area contributed by atoms with Crippen molar-refractivity contribution >= 4 is 11.8 Å². The molecule has 0 fully saturated rings. The SMILES string of the molecule is CC[C@@H](C)NC(=O)[C@H](C)N(Cc1ccc(C)cc1)C(=O)Cc1ccc(OC)cc1. The highest BCUT2D eigenvalue weighted by Gasteiger charge is 2.26. The molecule has 0 unspecified atom stereocenters. The number of methoxy groups -OCH3 is 1. The van der Waals surface area contributed by atoms with Crippen molar-refractivity contribution in [1.29, 1.82) is 0 Å². The molecular weight excluding hydrogens is 364 g/mol. The molecule has 2 atom stereocenters. The molecule has 0 aliphatic heterocycles. The molecule has 0 bridgehead atoms. The lowest BCUT2D eigenvalue weighted by atomic mass is 10.1. The molecule has 1 N–H and O–H groups in total. The molecule has 0 radical (unpaired) electrons. The van der Waals surface area contributed by atoms with E-state index in [2.05, 4.69) is 5.32 Å². The molecule has 0 aromatic heterocycles. The van der Waals surface area contributed by atoms with Crippen LogP contribution in [0.25, 0.3) is 0 Å². The Morgan fingerprint density at radius 1 is 1.00 bits per heavy atom. The highest BCUT2D eigenvalue weighted by molar-refractivity contribution is 5.88. The molecule has 5 nitrogen and oxygen atoms in total. The summed E-state index contributed by atoms with van der Waals surface area (Å²) in [6, 6.07) is 15.0. The molecule has 0 saturated carbocycles. The molecule has 29 heavy (non-hydrogen) atoms. The number of ether oxygens (including phenoxy) is 1. The maximum absolute atomic E-state index is 13.2. The van der Waals surface area contributed by atoms with Crippen LogP contribution < -0.4 is 10.1 Å². The van der Waals surface area contributed by atoms with Gasteiger partial charge in [0.15, 0.2) is 0 Å². The summed E-state index contributed by atoms with van der Waals surface area (Å²) in [7, 11) is 1.61. The molecular formula is C24H32N2O3. The van der Waals surface area contributed by atoms with Crippen LogP contribution in [0.3, 0.4) is 0 Å². The van der Waals surface area contributed by atoms with Gasteiger partial charge >= 0.3 is 0 Å². The van der Waals surface area contributed by atoms with Gasteiger partial charge in [0.05, 0.1) is 13.5 Å². The first kappa shape index (κ1) is 22.5. The fraction of sp³-hybridized carbons (Fsp3) is 0.417. The predicted molar refractivity (Wildman–Crippen MR) is 116 cm³/mol. The van der Waals surface area contributed by atoms with Crippen molar-refractivity contribution in [1.82, 2.24) is 10.2 Å². The van der Waals surface area contributed by atoms with Crippen LogP contribution in [-0.4, -0.2) is 35.9 Å². The maximum Gasteiger partial charge on any atom is 0.242 e. The molecule has 156 valence electrons. The lowest BCUT2D eigenvalue weighted by Crippen LogP contribution is -2.49. The average Bonchev–Trinajstić information content (AvgIpc) is 2.73. The Kier molecular flexibility index (Phi) is 8.25. The van der Waals surface area contributed by atoms with E-state index in [0.717, 1.165) is 28.9 Å². The molecule has 0 heterocycles. The number of aryl methyl sites for hydroxylation is 1. The van der Waals surface area contributed by atoms with Gasteiger partial charge in [-0.3, -0.25) is 9.59 Å². The van der Waals surface area contributed by atoms with Gasteiger partial charge in [0.25, 0.3) is 0 Å². The second kappa shape index (κ2) is 10.6. The Morgan fingerprint density at radius 2 is 1.59 bits per heavy atom. The van der Waals surface area contributed by atoms with E-state index >= 15 is 0 Å². The smallest absolute Gasteiger partial charge is 0.242 e. The van der Waals surface area contributed by atoms with Crippen molar-refractivity contribution < 1.29 is 14.3 Å². The van der Waals surface area contributed by atoms with Gasteiger partial charge in [-0.15, -0.1) is 0 Å². The number of carbonyl (C=O) groups excluding carboxylic acids is 2. The van der Waals surface area contributed by atoms with Crippen LogP contribution in [0, 0.1) is 6.92 Å². The molecule has 0 saturated heterocycles. The molecule has 0 spiro atoms. The Labute approximate surface area is 174 Å². The van der Waals surface area contributed by atoms with Gasteiger partial charge in [0, 0.05) is 12.6 Å². The topological polar surface area (TPSA) is 58.6 Å². The van der Waals surface area contributed by atoms with Gasteiger partial charge < -0.3 is 15.0 Å². The highest BCUT2D eigenvalue weighted by Crippen LogP contribution is 2.16. The molecule has 2 rings (SSSR count). The summed E-state index contributed by atoms with van der Waals surface area (Å²) in [6.45, 7) is 8.20. The van der Waals surface area contributed by atoms with Gasteiger partial charge in [0.1, 0.15) is 11.8 Å². The average molecular weight is 397 g/mol. The largest absolute Gasteiger partial charge is 0.497 e. The number of benzene rings is 2. The molecule has 5 heteroatoms. The predicted octanol–water partition coefficient (Wildman–Crippen LogP) is 3.88. The lowest BCUT2D eigenvalue weighted by Gasteiger charge is -2.30. The number of hydrogen-bond donors (Lipinski definition) is 1. The first-order valence-corrected chi connectivity index (χ1v) is 10.1. The molecule has 2 aromatic carbocycles. The number of carbonyl (C=O) groups is 2. The van der Waals surface area contributed by atoms with E-state index in [9.17, 15) is 9.59 Å². The van der Waals surface area contributed by atoms with Gasteiger partial charge in [-0.25, -0.2) is 0 Å². The second-order valence-corrected chi connectivity index (χ2v) is 7.53. The summed E-state index contributed by atoms with van der Waals surface area (Å²) >= 11 is 0. The zero-order valence-corrected chi connectivity index (χ0v) is 18.1. The van der Waals surface area contributed by atoms with Crippen molar-refractivity contribution in [3.63, 3.8) is 0 Å². The third kappa shape index (κ3) is 6.63. The molecule has 0 aliphatic carbocycles. The van der Waals surface area contributed by atoms with Crippen LogP contribution >= 0.6 is 0 Å². The molecule has 2 amide bonds. The molecule has 0 aliphatic rings. The maximum atomic E-state index is 13.2. The van der Waals surface area contributed by atoms with E-state index < -0.39 is 6.04 Å². The fourth-order valence-electron chi connectivity index (χ4n) is 2.96. The highest BCUT2D eigenvalue weighted by atomic mass is 16.5. The third-order valence-corrected chi connectivity index (χ3v) is 5.16. The van der Waals surface area contributed by atoms with E-state index in [-0.39, 0.29) is 24.3 Å². The van der Waals surface area contributed by atoms with Crippen molar-refractivity contribution in [2.45, 2.75) is 59.2 Å². The number of hydrogen-bond acceptors (Lipinski definition) is 3. The minimum absolute atomic E-state index is 0.0721. The summed E-state index contributed by atoms with van der Waals surface area (Å²) in [5, 5.41) is 2.99. The number of nitrogens with zero attached hydrogens (tertiary/aromatic N) is 1. The summed E-state index contributed by atoms with van der Waals surface area (Å²) < 4.78 is 5.18. The summed E-state index contributed by atoms with van der Waals surface area (Å²) in [4.78, 5) is 27.5. The third-order valence-electron chi connectivity index (χ3n) is 5.16. The fourth-order valence-corrected chi connectivity index (χ4v) is 2.96. The summed E-state index contributed by atoms with van der Waals surface area (Å²) in [5.74, 6) is 0.538. The first-order valence-electron chi connectivity index (χ1n) is 10.1. The van der Waals surface area contributed by atoms with Gasteiger partial charge in [-0.2, -0.15) is 0 Å². The van der Waals surface area contributed by atoms with Crippen molar-refractivity contribution in [2.24, 2.45) is 0 Å². The number of nitrogens with one attached hydrogen (secondary N) is 1. The minimum atomic E-state index is -0.559. The van der Waals surface area contributed by atoms with Crippen molar-refractivity contribution in [2.75, 3.05) is 7.11 Å². The zero-order valence-electron chi connectivity index (χ0n) is 18.1. The number of rotatable bonds is 9. The molecule has 2 aromatic rings. The Balaban J connectivity index is 2.20. The minimum Gasteiger partial charge on any atom is -0.497 e. The Hall–Kier alpha value is -2.82. The second-order valence-electron chi connectivity index (χ2n) is 7.53. The van der Waals surface area contributed by atoms with E-state index in [0.29, 0.717) is 6.54 Å². The van der Waals surface area contributed by atoms with Crippen molar-refractivity contribution in [3.05, 3.63) is 65.2 Å². The lowest BCUT2D eigenvalue weighted by molar-refractivity contribution is -0.140. The van der Waals surface area contributed by atoms with Gasteiger partial charge in [-0.05, 0) is 50.5 Å². The Morgan fingerprint density at radius 3 is 2.14 bits per heavy atom. The van der Waals surface area contributed by atoms with Gasteiger partial charge in [-0.1, -0.05) is 48.9 Å². The quantitative estimate of drug-likeness (QED) is 0.700.